The number of hydrogen-bond donors (Lipinski definition) is 6. The molecule has 18 nitrogen and oxygen atoms in total. The van der Waals surface area contributed by atoms with Gasteiger partial charge in [-0.15, -0.1) is 0 Å². The number of nitrogens with two attached hydrogens (primary N) is 1. The van der Waals surface area contributed by atoms with Crippen molar-refractivity contribution in [3.63, 3.8) is 0 Å². The smallest absolute Gasteiger partial charge is 0.407 e. The zero-order chi connectivity index (χ0) is 59.1. The lowest BCUT2D eigenvalue weighted by Crippen LogP contribution is -2.82. The van der Waals surface area contributed by atoms with Gasteiger partial charge in [-0.2, -0.15) is 26.3 Å². The molecule has 3 saturated heterocycles. The number of aromatic nitrogens is 1. The molecule has 3 aromatic rings. The van der Waals surface area contributed by atoms with E-state index in [0.29, 0.717) is 74.1 Å². The van der Waals surface area contributed by atoms with Crippen molar-refractivity contribution in [2.75, 3.05) is 58.5 Å². The molecule has 3 aliphatic heterocycles. The minimum Gasteiger partial charge on any atom is -0.453 e. The van der Waals surface area contributed by atoms with Gasteiger partial charge >= 0.3 is 24.5 Å². The van der Waals surface area contributed by atoms with E-state index in [9.17, 15) is 59.4 Å². The fourth-order valence-corrected chi connectivity index (χ4v) is 8.72. The van der Waals surface area contributed by atoms with E-state index in [4.69, 9.17) is 10.5 Å². The molecule has 80 heavy (non-hydrogen) atoms. The van der Waals surface area contributed by atoms with E-state index in [1.807, 2.05) is 22.9 Å². The van der Waals surface area contributed by atoms with Crippen LogP contribution in [0.2, 0.25) is 0 Å². The van der Waals surface area contributed by atoms with Gasteiger partial charge in [0.05, 0.1) is 69.0 Å². The van der Waals surface area contributed by atoms with Crippen LogP contribution in [-0.4, -0.2) is 165 Å². The van der Waals surface area contributed by atoms with E-state index in [-0.39, 0.29) is 16.8 Å². The van der Waals surface area contributed by atoms with E-state index < -0.39 is 121 Å². The van der Waals surface area contributed by atoms with Gasteiger partial charge in [0.2, 0.25) is 5.91 Å². The van der Waals surface area contributed by atoms with E-state index in [2.05, 4.69) is 46.4 Å². The molecule has 0 saturated carbocycles. The highest BCUT2D eigenvalue weighted by Gasteiger charge is 2.58. The molecule has 0 aliphatic carbocycles. The molecule has 7 N–H and O–H groups in total. The number of rotatable bonds is 21. The van der Waals surface area contributed by atoms with Gasteiger partial charge in [0.1, 0.15) is 29.5 Å². The molecule has 1 unspecified atom stereocenters. The molecule has 6 atom stereocenters. The number of anilines is 1. The normalized spacial score (nSPS) is 18.6. The third kappa shape index (κ3) is 14.8. The van der Waals surface area contributed by atoms with Crippen molar-refractivity contribution in [1.82, 2.24) is 36.3 Å². The minimum atomic E-state index is -5.23. The first-order chi connectivity index (χ1) is 37.4. The largest absolute Gasteiger partial charge is 0.453 e. The molecular weight excluding hydrogens is 1080 g/mol. The molecule has 4 amide bonds. The quantitative estimate of drug-likeness (QED) is 0.0349. The lowest BCUT2D eigenvalue weighted by molar-refractivity contribution is -0.221. The SMILES string of the molecule is COC(=O)N[C@H](C(=O)N[C@@H](Cc1ccc(C#Cc2ccc(N3CC4[C@@H]3CN4C3COC3)nc2)cc1)[C@@H](O)CN(Cc1c(F)cc(C(N)=CC=NCC(F)F)cc1F)NC(=O)[C@@H](NC(=O)OC)C(C)(C)C(F)(F)F)C(C)(C)C(F)(F)F. The van der Waals surface area contributed by atoms with Gasteiger partial charge < -0.3 is 45.9 Å². The second-order valence-electron chi connectivity index (χ2n) is 20.3. The first kappa shape index (κ1) is 62.0. The number of alkyl carbamates (subject to hydrolysis) is 2. The summed E-state index contributed by atoms with van der Waals surface area (Å²) >= 11 is 0. The number of alkyl halides is 8. The van der Waals surface area contributed by atoms with Crippen molar-refractivity contribution in [2.24, 2.45) is 21.6 Å². The highest BCUT2D eigenvalue weighted by Crippen LogP contribution is 2.42. The zero-order valence-electron chi connectivity index (χ0n) is 44.0. The van der Waals surface area contributed by atoms with Gasteiger partial charge in [0, 0.05) is 72.6 Å². The molecule has 2 aromatic carbocycles. The Balaban J connectivity index is 1.31. The summed E-state index contributed by atoms with van der Waals surface area (Å²) in [5.74, 6) is 0.763. The number of aliphatic imine (C=N–C) groups is 1. The number of hydrazine groups is 1. The fraction of sp³-hybridized carbons (Fsp3) is 0.500. The molecule has 0 spiro atoms. The summed E-state index contributed by atoms with van der Waals surface area (Å²) in [6.07, 6.45) is -15.4. The van der Waals surface area contributed by atoms with Gasteiger partial charge in [0.25, 0.3) is 12.3 Å². The van der Waals surface area contributed by atoms with Crippen LogP contribution in [-0.2, 0) is 36.8 Å². The number of nitrogens with zero attached hydrogens (tertiary/aromatic N) is 5. The lowest BCUT2D eigenvalue weighted by atomic mass is 9.82. The Bertz CT molecular complexity index is 2800. The number of methoxy groups -OCH3 is 2. The molecule has 3 aliphatic rings. The summed E-state index contributed by atoms with van der Waals surface area (Å²) in [6, 6.07) is 5.58. The number of fused-ring (bicyclic) bond motifs is 1. The molecule has 436 valence electrons. The molecule has 0 bridgehead atoms. The Kier molecular flexibility index (Phi) is 19.7. The van der Waals surface area contributed by atoms with Crippen LogP contribution in [0.15, 0.2) is 65.8 Å². The lowest BCUT2D eigenvalue weighted by Gasteiger charge is -2.65. The standard InChI is InChI=1S/C52H60F10N10O8/c1-49(2,51(57,58)59)43(67-47(76)78-5)45(74)66-37(17-29-10-7-28(8-11-29)9-12-30-13-14-42(65-20-30)72-24-38-39(72)23-71(38)32-26-80-27-32)40(73)25-70(69-46(75)44(68-48(77)79-6)50(3,4)52(60,61)62)22-33-34(53)18-31(19-35(33)54)36(63)15-16-64-21-41(55)56/h7-8,10-11,13-16,18-20,32,37-41,43-44,73H,17,21-27,63H2,1-6H3,(H,66,74)(H,67,76)(H,68,77)(H,69,75)/t37-,38?,39-,40-,43+,44+/m0/s1. The van der Waals surface area contributed by atoms with E-state index in [0.717, 1.165) is 58.6 Å². The van der Waals surface area contributed by atoms with Crippen molar-refractivity contribution in [1.29, 1.82) is 0 Å². The number of allylic oxidation sites excluding steroid dienone is 1. The number of piperazine rings is 1. The topological polar surface area (TPSA) is 225 Å². The number of halogens is 10. The number of carbonyl (C=O) groups excluding carboxylic acids is 4. The van der Waals surface area contributed by atoms with Crippen LogP contribution >= 0.6 is 0 Å². The Morgan fingerprint density at radius 2 is 1.41 bits per heavy atom. The summed E-state index contributed by atoms with van der Waals surface area (Å²) in [4.78, 5) is 65.5. The monoisotopic (exact) mass is 1140 g/mol. The number of ether oxygens (including phenoxy) is 3. The van der Waals surface area contributed by atoms with Crippen LogP contribution in [0, 0.1) is 34.3 Å². The third-order valence-electron chi connectivity index (χ3n) is 14.2. The Morgan fingerprint density at radius 3 is 1.90 bits per heavy atom. The molecule has 4 heterocycles. The minimum absolute atomic E-state index is 0.271. The van der Waals surface area contributed by atoms with Gasteiger partial charge in [-0.25, -0.2) is 37.1 Å². The predicted octanol–water partition coefficient (Wildman–Crippen LogP) is 5.21. The number of carbonyl (C=O) groups is 4. The van der Waals surface area contributed by atoms with Gasteiger partial charge in [-0.3, -0.25) is 24.9 Å². The highest BCUT2D eigenvalue weighted by molar-refractivity contribution is 5.87. The Hall–Kier alpha value is -7.22. The van der Waals surface area contributed by atoms with Crippen LogP contribution in [0.1, 0.15) is 55.5 Å². The van der Waals surface area contributed by atoms with Crippen LogP contribution in [0.5, 0.6) is 0 Å². The number of benzene rings is 2. The van der Waals surface area contributed by atoms with Crippen LogP contribution in [0.4, 0.5) is 59.3 Å². The summed E-state index contributed by atoms with van der Waals surface area (Å²) in [6.45, 7) is 2.34. The predicted molar refractivity (Wildman–Crippen MR) is 269 cm³/mol. The summed E-state index contributed by atoms with van der Waals surface area (Å²) < 4.78 is 159. The summed E-state index contributed by atoms with van der Waals surface area (Å²) in [5, 5.41) is 18.5. The molecule has 28 heteroatoms. The van der Waals surface area contributed by atoms with Gasteiger partial charge in [-0.1, -0.05) is 24.0 Å². The Morgan fingerprint density at radius 1 is 0.850 bits per heavy atom. The second kappa shape index (κ2) is 25.5. The number of aliphatic hydroxyl groups excluding tert-OH is 1. The third-order valence-corrected chi connectivity index (χ3v) is 14.2. The average molecular weight is 1140 g/mol. The zero-order valence-corrected chi connectivity index (χ0v) is 44.0. The first-order valence-electron chi connectivity index (χ1n) is 24.7. The summed E-state index contributed by atoms with van der Waals surface area (Å²) in [7, 11) is 1.60. The highest BCUT2D eigenvalue weighted by atomic mass is 19.4. The number of pyridine rings is 1. The van der Waals surface area contributed by atoms with Gasteiger partial charge in [-0.05, 0) is 82.2 Å². The summed E-state index contributed by atoms with van der Waals surface area (Å²) in [5.41, 5.74) is 1.44. The van der Waals surface area contributed by atoms with Crippen LogP contribution in [0.3, 0.4) is 0 Å². The second-order valence-corrected chi connectivity index (χ2v) is 20.3. The molecule has 3 fully saturated rings. The molecule has 1 aromatic heterocycles. The van der Waals surface area contributed by atoms with Crippen LogP contribution < -0.4 is 32.0 Å². The van der Waals surface area contributed by atoms with Gasteiger partial charge in [0.15, 0.2) is 0 Å². The maximum absolute atomic E-state index is 16.0. The number of nitrogens with one attached hydrogen (secondary N) is 4. The van der Waals surface area contributed by atoms with Crippen molar-refractivity contribution >= 4 is 41.7 Å². The van der Waals surface area contributed by atoms with E-state index in [1.165, 1.54) is 24.3 Å². The van der Waals surface area contributed by atoms with Crippen molar-refractivity contribution in [3.05, 3.63) is 100 Å². The molecule has 0 radical (unpaired) electrons. The molecular formula is C52H60F10N10O8. The van der Waals surface area contributed by atoms with Crippen molar-refractivity contribution in [3.8, 4) is 11.8 Å². The number of likely N-dealkylation sites (tertiary alicyclic amines) is 1. The first-order valence-corrected chi connectivity index (χ1v) is 24.7. The average Bonchev–Trinajstić information content (AvgIpc) is 3.36. The Labute approximate surface area is 453 Å². The van der Waals surface area contributed by atoms with Crippen molar-refractivity contribution in [2.45, 2.75) is 102 Å². The van der Waals surface area contributed by atoms with E-state index in [1.54, 1.807) is 11.5 Å². The number of hydrogen-bond acceptors (Lipinski definition) is 14. The van der Waals surface area contributed by atoms with E-state index >= 15 is 8.78 Å². The maximum atomic E-state index is 16.0. The number of amides is 4. The van der Waals surface area contributed by atoms with Crippen molar-refractivity contribution < 1.29 is 82.4 Å². The maximum Gasteiger partial charge on any atom is 0.407 e. The molecule has 6 rings (SSSR count). The van der Waals surface area contributed by atoms with Crippen LogP contribution in [0.25, 0.3) is 5.70 Å². The number of aliphatic hydroxyl groups is 1. The fourth-order valence-electron chi connectivity index (χ4n) is 8.72.